The number of thiazole rings is 1. The van der Waals surface area contributed by atoms with E-state index in [0.29, 0.717) is 12.4 Å². The van der Waals surface area contributed by atoms with E-state index >= 15 is 0 Å². The molecule has 0 amide bonds. The molecule has 2 heterocycles. The lowest BCUT2D eigenvalue weighted by molar-refractivity contribution is 0.250. The number of hydrogen-bond acceptors (Lipinski definition) is 5. The van der Waals surface area contributed by atoms with Crippen LogP contribution in [-0.4, -0.2) is 26.9 Å². The molecule has 7 heteroatoms. The maximum atomic E-state index is 13.4. The summed E-state index contributed by atoms with van der Waals surface area (Å²) in [6, 6.07) is 5.68. The summed E-state index contributed by atoms with van der Waals surface area (Å²) in [5.41, 5.74) is 1.61. The van der Waals surface area contributed by atoms with E-state index in [0.717, 1.165) is 22.3 Å². The third-order valence-electron chi connectivity index (χ3n) is 3.81. The Morgan fingerprint density at radius 1 is 1.17 bits per heavy atom. The Hall–Kier alpha value is -2.25. The first-order valence-electron chi connectivity index (χ1n) is 7.41. The van der Waals surface area contributed by atoms with Gasteiger partial charge in [-0.2, -0.15) is 0 Å². The molecule has 0 radical (unpaired) electrons. The molecule has 1 atom stereocenters. The maximum Gasteiger partial charge on any atom is 0.188 e. The average molecular weight is 346 g/mol. The van der Waals surface area contributed by atoms with Crippen LogP contribution in [0.25, 0.3) is 10.8 Å². The van der Waals surface area contributed by atoms with Crippen LogP contribution in [0.15, 0.2) is 42.0 Å². The van der Waals surface area contributed by atoms with Gasteiger partial charge in [0.15, 0.2) is 22.5 Å². The minimum absolute atomic E-state index is 0.0711. The van der Waals surface area contributed by atoms with Crippen LogP contribution >= 0.6 is 11.3 Å². The van der Waals surface area contributed by atoms with Crippen LogP contribution in [0.4, 0.5) is 8.78 Å². The molecule has 0 aliphatic rings. The first-order chi connectivity index (χ1) is 11.5. The van der Waals surface area contributed by atoms with Gasteiger partial charge in [0.05, 0.1) is 5.69 Å². The fourth-order valence-electron chi connectivity index (χ4n) is 2.31. The smallest absolute Gasteiger partial charge is 0.188 e. The van der Waals surface area contributed by atoms with Gasteiger partial charge >= 0.3 is 0 Å². The van der Waals surface area contributed by atoms with Gasteiger partial charge in [-0.3, -0.25) is 4.90 Å². The van der Waals surface area contributed by atoms with Crippen LogP contribution in [0.2, 0.25) is 0 Å². The Morgan fingerprint density at radius 2 is 1.92 bits per heavy atom. The number of hydrogen-bond donors (Lipinski definition) is 0. The van der Waals surface area contributed by atoms with E-state index in [-0.39, 0.29) is 6.04 Å². The zero-order valence-corrected chi connectivity index (χ0v) is 14.1. The first-order valence-corrected chi connectivity index (χ1v) is 8.29. The van der Waals surface area contributed by atoms with E-state index < -0.39 is 11.6 Å². The predicted molar refractivity (Wildman–Crippen MR) is 89.4 cm³/mol. The molecule has 1 unspecified atom stereocenters. The van der Waals surface area contributed by atoms with Crippen molar-refractivity contribution >= 4 is 11.3 Å². The largest absolute Gasteiger partial charge is 0.294 e. The third-order valence-corrected chi connectivity index (χ3v) is 4.69. The molecular weight excluding hydrogens is 330 g/mol. The molecule has 3 aromatic rings. The standard InChI is InChI=1S/C17H16F2N4S/c1-11(12-4-5-14(18)15(19)8-12)23(2)9-13-10-24-17(22-13)16-20-6-3-7-21-16/h3-8,10-11H,9H2,1-2H3. The highest BCUT2D eigenvalue weighted by atomic mass is 32.1. The van der Waals surface area contributed by atoms with Crippen LogP contribution in [0.5, 0.6) is 0 Å². The molecule has 0 N–H and O–H groups in total. The third kappa shape index (κ3) is 3.63. The lowest BCUT2D eigenvalue weighted by Crippen LogP contribution is -2.22. The van der Waals surface area contributed by atoms with Gasteiger partial charge < -0.3 is 0 Å². The average Bonchev–Trinajstić information content (AvgIpc) is 3.06. The molecular formula is C17H16F2N4S. The second-order valence-electron chi connectivity index (χ2n) is 5.48. The van der Waals surface area contributed by atoms with Crippen molar-refractivity contribution in [2.75, 3.05) is 7.05 Å². The van der Waals surface area contributed by atoms with Gasteiger partial charge in [-0.1, -0.05) is 6.07 Å². The lowest BCUT2D eigenvalue weighted by atomic mass is 10.1. The summed E-state index contributed by atoms with van der Waals surface area (Å²) < 4.78 is 26.5. The fourth-order valence-corrected chi connectivity index (χ4v) is 3.07. The fraction of sp³-hybridized carbons (Fsp3) is 0.235. The van der Waals surface area contributed by atoms with Crippen molar-refractivity contribution in [1.82, 2.24) is 19.9 Å². The number of rotatable bonds is 5. The molecule has 24 heavy (non-hydrogen) atoms. The number of halogens is 2. The van der Waals surface area contributed by atoms with Crippen molar-refractivity contribution in [3.05, 3.63) is 64.9 Å². The van der Waals surface area contributed by atoms with E-state index in [1.54, 1.807) is 24.5 Å². The topological polar surface area (TPSA) is 41.9 Å². The normalized spacial score (nSPS) is 12.5. The van der Waals surface area contributed by atoms with Gasteiger partial charge in [-0.05, 0) is 37.7 Å². The minimum Gasteiger partial charge on any atom is -0.294 e. The second kappa shape index (κ2) is 7.11. The van der Waals surface area contributed by atoms with E-state index in [4.69, 9.17) is 0 Å². The second-order valence-corrected chi connectivity index (χ2v) is 6.34. The van der Waals surface area contributed by atoms with Gasteiger partial charge in [-0.15, -0.1) is 11.3 Å². The number of aromatic nitrogens is 3. The van der Waals surface area contributed by atoms with E-state index in [2.05, 4.69) is 15.0 Å². The summed E-state index contributed by atoms with van der Waals surface area (Å²) in [5.74, 6) is -1.06. The van der Waals surface area contributed by atoms with Crippen molar-refractivity contribution < 1.29 is 8.78 Å². The Kier molecular flexibility index (Phi) is 4.92. The molecule has 124 valence electrons. The molecule has 0 saturated heterocycles. The summed E-state index contributed by atoms with van der Waals surface area (Å²) in [5, 5.41) is 2.72. The SMILES string of the molecule is CC(c1ccc(F)c(F)c1)N(C)Cc1csc(-c2ncccn2)n1. The van der Waals surface area contributed by atoms with Crippen molar-refractivity contribution in [2.45, 2.75) is 19.5 Å². The van der Waals surface area contributed by atoms with Gasteiger partial charge in [0.2, 0.25) is 0 Å². The molecule has 0 spiro atoms. The maximum absolute atomic E-state index is 13.4. The van der Waals surface area contributed by atoms with Crippen LogP contribution in [0, 0.1) is 11.6 Å². The molecule has 0 aliphatic carbocycles. The molecule has 4 nitrogen and oxygen atoms in total. The summed E-state index contributed by atoms with van der Waals surface area (Å²) >= 11 is 1.48. The molecule has 0 aliphatic heterocycles. The van der Waals surface area contributed by atoms with Gasteiger partial charge in [0.25, 0.3) is 0 Å². The highest BCUT2D eigenvalue weighted by Crippen LogP contribution is 2.25. The van der Waals surface area contributed by atoms with Crippen molar-refractivity contribution in [3.8, 4) is 10.8 Å². The summed E-state index contributed by atoms with van der Waals surface area (Å²) in [7, 11) is 1.92. The molecule has 2 aromatic heterocycles. The Balaban J connectivity index is 1.71. The van der Waals surface area contributed by atoms with Crippen LogP contribution in [-0.2, 0) is 6.54 Å². The Labute approximate surface area is 142 Å². The van der Waals surface area contributed by atoms with E-state index in [1.165, 1.54) is 17.4 Å². The number of benzene rings is 1. The van der Waals surface area contributed by atoms with Crippen LogP contribution < -0.4 is 0 Å². The van der Waals surface area contributed by atoms with Crippen molar-refractivity contribution in [1.29, 1.82) is 0 Å². The zero-order chi connectivity index (χ0) is 17.1. The van der Waals surface area contributed by atoms with E-state index in [1.807, 2.05) is 24.3 Å². The number of nitrogens with zero attached hydrogens (tertiary/aromatic N) is 4. The van der Waals surface area contributed by atoms with Crippen LogP contribution in [0.1, 0.15) is 24.2 Å². The summed E-state index contributed by atoms with van der Waals surface area (Å²) in [6.07, 6.45) is 3.36. The molecule has 0 fully saturated rings. The van der Waals surface area contributed by atoms with Gasteiger partial charge in [-0.25, -0.2) is 23.7 Å². The highest BCUT2D eigenvalue weighted by molar-refractivity contribution is 7.13. The minimum atomic E-state index is -0.833. The predicted octanol–water partition coefficient (Wildman–Crippen LogP) is 4.07. The van der Waals surface area contributed by atoms with Gasteiger partial charge in [0.1, 0.15) is 0 Å². The highest BCUT2D eigenvalue weighted by Gasteiger charge is 2.16. The summed E-state index contributed by atoms with van der Waals surface area (Å²) in [4.78, 5) is 14.9. The Bertz CT molecular complexity index is 822. The zero-order valence-electron chi connectivity index (χ0n) is 13.3. The molecule has 0 saturated carbocycles. The lowest BCUT2D eigenvalue weighted by Gasteiger charge is -2.24. The Morgan fingerprint density at radius 3 is 2.62 bits per heavy atom. The van der Waals surface area contributed by atoms with Gasteiger partial charge in [0, 0.05) is 30.4 Å². The van der Waals surface area contributed by atoms with Crippen molar-refractivity contribution in [2.24, 2.45) is 0 Å². The molecule has 0 bridgehead atoms. The van der Waals surface area contributed by atoms with E-state index in [9.17, 15) is 8.78 Å². The monoisotopic (exact) mass is 346 g/mol. The molecule has 3 rings (SSSR count). The van der Waals surface area contributed by atoms with Crippen molar-refractivity contribution in [3.63, 3.8) is 0 Å². The molecule has 1 aromatic carbocycles. The first kappa shape index (κ1) is 16.6. The summed E-state index contributed by atoms with van der Waals surface area (Å²) in [6.45, 7) is 2.53. The van der Waals surface area contributed by atoms with Crippen LogP contribution in [0.3, 0.4) is 0 Å². The quantitative estimate of drug-likeness (QED) is 0.698.